The Bertz CT molecular complexity index is 698. The highest BCUT2D eigenvalue weighted by Crippen LogP contribution is 2.23. The van der Waals surface area contributed by atoms with Crippen LogP contribution in [0.25, 0.3) is 10.9 Å². The summed E-state index contributed by atoms with van der Waals surface area (Å²) >= 11 is 0. The van der Waals surface area contributed by atoms with Crippen LogP contribution in [0.1, 0.15) is 5.56 Å². The van der Waals surface area contributed by atoms with E-state index in [1.807, 2.05) is 19.2 Å². The summed E-state index contributed by atoms with van der Waals surface area (Å²) in [7, 11) is 2.03. The zero-order valence-electron chi connectivity index (χ0n) is 10.7. The first kappa shape index (κ1) is 11.7. The standard InChI is InChI=1S/C16H15NO2/c1-17-10-12(15-4-2-3-5-16(15)17)11-19-14-8-6-13(18)7-9-14/h2-10,18H,11H2,1H3. The fourth-order valence-electron chi connectivity index (χ4n) is 2.24. The van der Waals surface area contributed by atoms with E-state index in [2.05, 4.69) is 22.9 Å². The molecule has 3 nitrogen and oxygen atoms in total. The fraction of sp³-hybridized carbons (Fsp3) is 0.125. The number of phenolic OH excluding ortho intramolecular Hbond substituents is 1. The number of phenols is 1. The molecule has 0 amide bonds. The first-order valence-corrected chi connectivity index (χ1v) is 6.19. The van der Waals surface area contributed by atoms with Crippen LogP contribution in [0.5, 0.6) is 11.5 Å². The van der Waals surface area contributed by atoms with E-state index in [1.54, 1.807) is 24.3 Å². The van der Waals surface area contributed by atoms with Crippen molar-refractivity contribution in [2.45, 2.75) is 6.61 Å². The van der Waals surface area contributed by atoms with Crippen LogP contribution in [-0.4, -0.2) is 9.67 Å². The van der Waals surface area contributed by atoms with Crippen molar-refractivity contribution in [3.05, 3.63) is 60.3 Å². The summed E-state index contributed by atoms with van der Waals surface area (Å²) in [5.41, 5.74) is 2.36. The highest BCUT2D eigenvalue weighted by Gasteiger charge is 2.06. The topological polar surface area (TPSA) is 34.4 Å². The van der Waals surface area contributed by atoms with E-state index in [-0.39, 0.29) is 5.75 Å². The van der Waals surface area contributed by atoms with Crippen LogP contribution in [0.2, 0.25) is 0 Å². The molecule has 1 aromatic heterocycles. The zero-order chi connectivity index (χ0) is 13.2. The SMILES string of the molecule is Cn1cc(COc2ccc(O)cc2)c2ccccc21. The van der Waals surface area contributed by atoms with Gasteiger partial charge in [0.2, 0.25) is 0 Å². The molecule has 2 aromatic carbocycles. The lowest BCUT2D eigenvalue weighted by Gasteiger charge is -2.05. The largest absolute Gasteiger partial charge is 0.508 e. The van der Waals surface area contributed by atoms with Crippen molar-refractivity contribution in [3.63, 3.8) is 0 Å². The molecule has 3 aromatic rings. The molecule has 0 aliphatic rings. The number of ether oxygens (including phenoxy) is 1. The third-order valence-electron chi connectivity index (χ3n) is 3.21. The van der Waals surface area contributed by atoms with Gasteiger partial charge in [-0.15, -0.1) is 0 Å². The molecule has 0 radical (unpaired) electrons. The summed E-state index contributed by atoms with van der Waals surface area (Å²) in [4.78, 5) is 0. The van der Waals surface area contributed by atoms with E-state index >= 15 is 0 Å². The third-order valence-corrected chi connectivity index (χ3v) is 3.21. The maximum atomic E-state index is 9.23. The minimum Gasteiger partial charge on any atom is -0.508 e. The van der Waals surface area contributed by atoms with Crippen molar-refractivity contribution in [1.29, 1.82) is 0 Å². The summed E-state index contributed by atoms with van der Waals surface area (Å²) < 4.78 is 7.85. The van der Waals surface area contributed by atoms with E-state index in [0.717, 1.165) is 11.3 Å². The number of para-hydroxylation sites is 1. The molecule has 0 fully saturated rings. The predicted molar refractivity (Wildman–Crippen MR) is 75.4 cm³/mol. The first-order chi connectivity index (χ1) is 9.24. The molecular weight excluding hydrogens is 238 g/mol. The number of aromatic hydroxyl groups is 1. The number of aromatic nitrogens is 1. The van der Waals surface area contributed by atoms with Gasteiger partial charge >= 0.3 is 0 Å². The predicted octanol–water partition coefficient (Wildman–Crippen LogP) is 3.46. The molecule has 0 aliphatic heterocycles. The van der Waals surface area contributed by atoms with Crippen LogP contribution < -0.4 is 4.74 Å². The summed E-state index contributed by atoms with van der Waals surface area (Å²) in [6.07, 6.45) is 2.09. The Morgan fingerprint density at radius 3 is 2.58 bits per heavy atom. The lowest BCUT2D eigenvalue weighted by Crippen LogP contribution is -1.94. The number of hydrogen-bond acceptors (Lipinski definition) is 2. The summed E-state index contributed by atoms with van der Waals surface area (Å²) in [6, 6.07) is 15.0. The van der Waals surface area contributed by atoms with E-state index in [0.29, 0.717) is 6.61 Å². The molecule has 1 heterocycles. The maximum absolute atomic E-state index is 9.23. The highest BCUT2D eigenvalue weighted by molar-refractivity contribution is 5.83. The molecule has 96 valence electrons. The van der Waals surface area contributed by atoms with E-state index in [4.69, 9.17) is 4.74 Å². The summed E-state index contributed by atoms with van der Waals surface area (Å²) in [5, 5.41) is 10.4. The molecule has 0 aliphatic carbocycles. The molecular formula is C16H15NO2. The van der Waals surface area contributed by atoms with Crippen LogP contribution >= 0.6 is 0 Å². The van der Waals surface area contributed by atoms with E-state index in [9.17, 15) is 5.11 Å². The maximum Gasteiger partial charge on any atom is 0.120 e. The summed E-state index contributed by atoms with van der Waals surface area (Å²) in [6.45, 7) is 0.520. The smallest absolute Gasteiger partial charge is 0.120 e. The van der Waals surface area contributed by atoms with Gasteiger partial charge in [0.25, 0.3) is 0 Å². The number of fused-ring (bicyclic) bond motifs is 1. The minimum atomic E-state index is 0.248. The molecule has 0 atom stereocenters. The monoisotopic (exact) mass is 253 g/mol. The number of nitrogens with zero attached hydrogens (tertiary/aromatic N) is 1. The second kappa shape index (κ2) is 4.69. The van der Waals surface area contributed by atoms with E-state index < -0.39 is 0 Å². The van der Waals surface area contributed by atoms with Gasteiger partial charge in [-0.1, -0.05) is 18.2 Å². The third kappa shape index (κ3) is 2.27. The van der Waals surface area contributed by atoms with Crippen LogP contribution in [-0.2, 0) is 13.7 Å². The van der Waals surface area contributed by atoms with Crippen molar-refractivity contribution >= 4 is 10.9 Å². The summed E-state index contributed by atoms with van der Waals surface area (Å²) in [5.74, 6) is 1.00. The van der Waals surface area contributed by atoms with Crippen LogP contribution in [0, 0.1) is 0 Å². The minimum absolute atomic E-state index is 0.248. The second-order valence-corrected chi connectivity index (χ2v) is 4.56. The van der Waals surface area contributed by atoms with E-state index in [1.165, 1.54) is 10.9 Å². The molecule has 0 saturated heterocycles. The lowest BCUT2D eigenvalue weighted by molar-refractivity contribution is 0.307. The number of aryl methyl sites for hydroxylation is 1. The molecule has 0 spiro atoms. The van der Waals surface area contributed by atoms with Crippen molar-refractivity contribution in [1.82, 2.24) is 4.57 Å². The molecule has 0 unspecified atom stereocenters. The lowest BCUT2D eigenvalue weighted by atomic mass is 10.2. The second-order valence-electron chi connectivity index (χ2n) is 4.56. The van der Waals surface area contributed by atoms with Crippen molar-refractivity contribution < 1.29 is 9.84 Å². The Balaban J connectivity index is 1.84. The average Bonchev–Trinajstić information content (AvgIpc) is 2.76. The van der Waals surface area contributed by atoms with Gasteiger partial charge in [-0.25, -0.2) is 0 Å². The Morgan fingerprint density at radius 1 is 1.05 bits per heavy atom. The fourth-order valence-corrected chi connectivity index (χ4v) is 2.24. The molecule has 3 rings (SSSR count). The van der Waals surface area contributed by atoms with Crippen LogP contribution in [0.4, 0.5) is 0 Å². The van der Waals surface area contributed by atoms with Gasteiger partial charge in [-0.3, -0.25) is 0 Å². The molecule has 1 N–H and O–H groups in total. The quantitative estimate of drug-likeness (QED) is 0.775. The van der Waals surface area contributed by atoms with Gasteiger partial charge in [-0.2, -0.15) is 0 Å². The van der Waals surface area contributed by atoms with Gasteiger partial charge in [0.05, 0.1) is 0 Å². The number of benzene rings is 2. The van der Waals surface area contributed by atoms with Gasteiger partial charge in [0, 0.05) is 29.7 Å². The zero-order valence-corrected chi connectivity index (χ0v) is 10.7. The first-order valence-electron chi connectivity index (χ1n) is 6.19. The van der Waals surface area contributed by atoms with Gasteiger partial charge < -0.3 is 14.4 Å². The molecule has 19 heavy (non-hydrogen) atoms. The van der Waals surface area contributed by atoms with Gasteiger partial charge in [-0.05, 0) is 30.3 Å². The molecule has 0 saturated carbocycles. The average molecular weight is 253 g/mol. The van der Waals surface area contributed by atoms with Crippen molar-refractivity contribution in [2.24, 2.45) is 7.05 Å². The number of hydrogen-bond donors (Lipinski definition) is 1. The van der Waals surface area contributed by atoms with Gasteiger partial charge in [0.15, 0.2) is 0 Å². The normalized spacial score (nSPS) is 10.8. The Morgan fingerprint density at radius 2 is 1.79 bits per heavy atom. The molecule has 3 heteroatoms. The van der Waals surface area contributed by atoms with Crippen LogP contribution in [0.3, 0.4) is 0 Å². The van der Waals surface area contributed by atoms with Crippen molar-refractivity contribution in [2.75, 3.05) is 0 Å². The van der Waals surface area contributed by atoms with Crippen molar-refractivity contribution in [3.8, 4) is 11.5 Å². The Labute approximate surface area is 111 Å². The van der Waals surface area contributed by atoms with Crippen LogP contribution in [0.15, 0.2) is 54.7 Å². The Kier molecular flexibility index (Phi) is 2.88. The number of rotatable bonds is 3. The highest BCUT2D eigenvalue weighted by atomic mass is 16.5. The van der Waals surface area contributed by atoms with Gasteiger partial charge in [0.1, 0.15) is 18.1 Å². The Hall–Kier alpha value is -2.42. The molecule has 0 bridgehead atoms.